The molecule has 0 aliphatic rings. The lowest BCUT2D eigenvalue weighted by molar-refractivity contribution is -0.118. The number of hydrogen-bond acceptors (Lipinski definition) is 7. The van der Waals surface area contributed by atoms with Crippen molar-refractivity contribution in [1.29, 1.82) is 0 Å². The minimum atomic E-state index is -0.113. The van der Waals surface area contributed by atoms with Crippen LogP contribution in [0.4, 0.5) is 0 Å². The van der Waals surface area contributed by atoms with Gasteiger partial charge in [0.2, 0.25) is 11.7 Å². The second-order valence-corrected chi connectivity index (χ2v) is 7.79. The van der Waals surface area contributed by atoms with E-state index in [1.54, 1.807) is 12.3 Å². The normalized spacial score (nSPS) is 10.7. The molecule has 0 unspecified atom stereocenters. The van der Waals surface area contributed by atoms with Gasteiger partial charge in [0.05, 0.1) is 25.2 Å². The summed E-state index contributed by atoms with van der Waals surface area (Å²) in [6, 6.07) is 20.8. The molecule has 2 heterocycles. The van der Waals surface area contributed by atoms with E-state index in [9.17, 15) is 4.79 Å². The molecule has 2 aromatic heterocycles. The largest absolute Gasteiger partial charge is 0.494 e. The van der Waals surface area contributed by atoms with Crippen molar-refractivity contribution in [2.45, 2.75) is 12.1 Å². The maximum atomic E-state index is 12.3. The third-order valence-corrected chi connectivity index (χ3v) is 5.48. The van der Waals surface area contributed by atoms with Gasteiger partial charge in [0, 0.05) is 5.69 Å². The van der Waals surface area contributed by atoms with Crippen LogP contribution < -0.4 is 14.8 Å². The number of hydrogen-bond donors (Lipinski definition) is 1. The Labute approximate surface area is 195 Å². The second kappa shape index (κ2) is 11.2. The SMILES string of the molecule is CCOc1ccc(OCCNC(=O)CSc2nnc(-c3ccco3)n2-c2ccccc2)cc1. The van der Waals surface area contributed by atoms with E-state index in [-0.39, 0.29) is 11.7 Å². The van der Waals surface area contributed by atoms with Gasteiger partial charge in [-0.15, -0.1) is 10.2 Å². The van der Waals surface area contributed by atoms with Crippen LogP contribution in [0.2, 0.25) is 0 Å². The van der Waals surface area contributed by atoms with Crippen molar-refractivity contribution < 1.29 is 18.7 Å². The highest BCUT2D eigenvalue weighted by Crippen LogP contribution is 2.28. The van der Waals surface area contributed by atoms with Gasteiger partial charge in [0.25, 0.3) is 0 Å². The number of nitrogens with zero attached hydrogens (tertiary/aromatic N) is 3. The number of carbonyl (C=O) groups is 1. The molecule has 0 saturated carbocycles. The van der Waals surface area contributed by atoms with Gasteiger partial charge in [-0.3, -0.25) is 9.36 Å². The molecule has 0 fully saturated rings. The van der Waals surface area contributed by atoms with Crippen LogP contribution in [0.5, 0.6) is 11.5 Å². The zero-order valence-corrected chi connectivity index (χ0v) is 19.0. The number of benzene rings is 2. The van der Waals surface area contributed by atoms with Gasteiger partial charge in [-0.1, -0.05) is 30.0 Å². The molecule has 0 atom stereocenters. The van der Waals surface area contributed by atoms with Gasteiger partial charge in [0.1, 0.15) is 18.1 Å². The first kappa shape index (κ1) is 22.5. The summed E-state index contributed by atoms with van der Waals surface area (Å²) in [5.41, 5.74) is 0.889. The zero-order valence-electron chi connectivity index (χ0n) is 18.1. The van der Waals surface area contributed by atoms with Crippen molar-refractivity contribution in [1.82, 2.24) is 20.1 Å². The minimum Gasteiger partial charge on any atom is -0.494 e. The Morgan fingerprint density at radius 3 is 2.45 bits per heavy atom. The number of ether oxygens (including phenoxy) is 2. The fraction of sp³-hybridized carbons (Fsp3) is 0.208. The highest BCUT2D eigenvalue weighted by molar-refractivity contribution is 7.99. The van der Waals surface area contributed by atoms with Crippen LogP contribution in [-0.2, 0) is 4.79 Å². The quantitative estimate of drug-likeness (QED) is 0.263. The Hall–Kier alpha value is -3.72. The van der Waals surface area contributed by atoms with Crippen molar-refractivity contribution in [3.63, 3.8) is 0 Å². The predicted molar refractivity (Wildman–Crippen MR) is 126 cm³/mol. The second-order valence-electron chi connectivity index (χ2n) is 6.85. The number of thioether (sulfide) groups is 1. The monoisotopic (exact) mass is 464 g/mol. The van der Waals surface area contributed by atoms with Crippen LogP contribution >= 0.6 is 11.8 Å². The fourth-order valence-electron chi connectivity index (χ4n) is 3.08. The molecular weight excluding hydrogens is 440 g/mol. The summed E-state index contributed by atoms with van der Waals surface area (Å²) in [4.78, 5) is 12.3. The molecule has 9 heteroatoms. The van der Waals surface area contributed by atoms with E-state index in [0.717, 1.165) is 17.2 Å². The first-order valence-corrected chi connectivity index (χ1v) is 11.5. The molecule has 0 aliphatic heterocycles. The molecule has 0 spiro atoms. The van der Waals surface area contributed by atoms with Crippen molar-refractivity contribution in [2.75, 3.05) is 25.5 Å². The highest BCUT2D eigenvalue weighted by Gasteiger charge is 2.18. The Kier molecular flexibility index (Phi) is 7.65. The van der Waals surface area contributed by atoms with Gasteiger partial charge in [-0.25, -0.2) is 0 Å². The van der Waals surface area contributed by atoms with E-state index in [1.165, 1.54) is 11.8 Å². The lowest BCUT2D eigenvalue weighted by atomic mass is 10.3. The van der Waals surface area contributed by atoms with Crippen molar-refractivity contribution >= 4 is 17.7 Å². The zero-order chi connectivity index (χ0) is 22.9. The number of furan rings is 1. The van der Waals surface area contributed by atoms with E-state index in [0.29, 0.717) is 36.5 Å². The Morgan fingerprint density at radius 2 is 1.76 bits per heavy atom. The van der Waals surface area contributed by atoms with Crippen LogP contribution in [0.1, 0.15) is 6.92 Å². The van der Waals surface area contributed by atoms with E-state index >= 15 is 0 Å². The van der Waals surface area contributed by atoms with E-state index < -0.39 is 0 Å². The standard InChI is InChI=1S/C24H24N4O4S/c1-2-30-19-10-12-20(13-11-19)31-16-14-25-22(29)17-33-24-27-26-23(21-9-6-15-32-21)28(24)18-7-4-3-5-8-18/h3-13,15H,2,14,16-17H2,1H3,(H,25,29). The summed E-state index contributed by atoms with van der Waals surface area (Å²) in [5.74, 6) is 2.80. The molecule has 2 aromatic carbocycles. The van der Waals surface area contributed by atoms with Gasteiger partial charge in [0.15, 0.2) is 10.9 Å². The Morgan fingerprint density at radius 1 is 1.00 bits per heavy atom. The van der Waals surface area contributed by atoms with Crippen LogP contribution in [0.25, 0.3) is 17.3 Å². The first-order valence-electron chi connectivity index (χ1n) is 10.5. The van der Waals surface area contributed by atoms with Crippen molar-refractivity contribution in [3.8, 4) is 28.8 Å². The summed E-state index contributed by atoms with van der Waals surface area (Å²) in [6.07, 6.45) is 1.59. The summed E-state index contributed by atoms with van der Waals surface area (Å²) in [7, 11) is 0. The molecule has 0 radical (unpaired) electrons. The fourth-order valence-corrected chi connectivity index (χ4v) is 3.86. The molecule has 33 heavy (non-hydrogen) atoms. The number of para-hydroxylation sites is 1. The third-order valence-electron chi connectivity index (χ3n) is 4.55. The van der Waals surface area contributed by atoms with Gasteiger partial charge < -0.3 is 19.2 Å². The van der Waals surface area contributed by atoms with Gasteiger partial charge in [-0.05, 0) is 55.5 Å². The predicted octanol–water partition coefficient (Wildman–Crippen LogP) is 4.21. The molecule has 4 aromatic rings. The van der Waals surface area contributed by atoms with E-state index in [2.05, 4.69) is 15.5 Å². The third kappa shape index (κ3) is 5.95. The average Bonchev–Trinajstić information content (AvgIpc) is 3.52. The maximum absolute atomic E-state index is 12.3. The molecule has 1 amide bonds. The van der Waals surface area contributed by atoms with Crippen molar-refractivity contribution in [3.05, 3.63) is 73.0 Å². The van der Waals surface area contributed by atoms with Crippen LogP contribution in [-0.4, -0.2) is 46.2 Å². The lowest BCUT2D eigenvalue weighted by Gasteiger charge is -2.10. The Balaban J connectivity index is 1.30. The molecule has 0 aliphatic carbocycles. The molecule has 0 saturated heterocycles. The van der Waals surface area contributed by atoms with Crippen LogP contribution in [0.3, 0.4) is 0 Å². The number of rotatable bonds is 11. The average molecular weight is 465 g/mol. The van der Waals surface area contributed by atoms with Crippen molar-refractivity contribution in [2.24, 2.45) is 0 Å². The van der Waals surface area contributed by atoms with Gasteiger partial charge in [-0.2, -0.15) is 0 Å². The highest BCUT2D eigenvalue weighted by atomic mass is 32.2. The molecule has 8 nitrogen and oxygen atoms in total. The smallest absolute Gasteiger partial charge is 0.230 e. The van der Waals surface area contributed by atoms with E-state index in [4.69, 9.17) is 13.9 Å². The summed E-state index contributed by atoms with van der Waals surface area (Å²) < 4.78 is 18.5. The number of aromatic nitrogens is 3. The van der Waals surface area contributed by atoms with E-state index in [1.807, 2.05) is 72.2 Å². The molecule has 1 N–H and O–H groups in total. The first-order chi connectivity index (χ1) is 16.2. The number of nitrogens with one attached hydrogen (secondary N) is 1. The molecule has 170 valence electrons. The number of carbonyl (C=O) groups excluding carboxylic acids is 1. The lowest BCUT2D eigenvalue weighted by Crippen LogP contribution is -2.29. The molecule has 4 rings (SSSR count). The number of amides is 1. The summed E-state index contributed by atoms with van der Waals surface area (Å²) in [6.45, 7) is 3.33. The van der Waals surface area contributed by atoms with Gasteiger partial charge >= 0.3 is 0 Å². The topological polar surface area (TPSA) is 91.4 Å². The Bertz CT molecular complexity index is 1150. The summed E-state index contributed by atoms with van der Waals surface area (Å²) in [5, 5.41) is 12.0. The van der Waals surface area contributed by atoms with Crippen LogP contribution in [0.15, 0.2) is 82.6 Å². The molecular formula is C24H24N4O4S. The molecule has 0 bridgehead atoms. The minimum absolute atomic E-state index is 0.113. The summed E-state index contributed by atoms with van der Waals surface area (Å²) >= 11 is 1.31. The van der Waals surface area contributed by atoms with Crippen LogP contribution in [0, 0.1) is 0 Å². The maximum Gasteiger partial charge on any atom is 0.230 e.